The Hall–Kier alpha value is -1.68. The van der Waals surface area contributed by atoms with E-state index in [0.717, 1.165) is 18.6 Å². The Morgan fingerprint density at radius 1 is 1.40 bits per heavy atom. The number of para-hydroxylation sites is 1. The highest BCUT2D eigenvalue weighted by Gasteiger charge is 1.92. The van der Waals surface area contributed by atoms with E-state index < -0.39 is 0 Å². The quantitative estimate of drug-likeness (QED) is 0.402. The Bertz CT molecular complexity index is 343. The molecule has 1 aromatic rings. The molecule has 1 aromatic carbocycles. The number of terminal acetylenes is 1. The van der Waals surface area contributed by atoms with Crippen molar-refractivity contribution in [3.05, 3.63) is 42.0 Å². The number of allylic oxidation sites excluding steroid dienone is 1. The second kappa shape index (κ2) is 6.73. The molecule has 0 aromatic heterocycles. The third kappa shape index (κ3) is 4.93. The number of ether oxygens (including phenoxy) is 1. The summed E-state index contributed by atoms with van der Waals surface area (Å²) in [7, 11) is 0. The Morgan fingerprint density at radius 2 is 2.13 bits per heavy atom. The molecule has 0 radical (unpaired) electrons. The second-order valence-electron chi connectivity index (χ2n) is 3.40. The van der Waals surface area contributed by atoms with E-state index in [2.05, 4.69) is 18.9 Å². The number of hydrogen-bond donors (Lipinski definition) is 0. The first-order chi connectivity index (χ1) is 7.33. The van der Waals surface area contributed by atoms with Crippen LogP contribution in [0.5, 0.6) is 5.75 Å². The largest absolute Gasteiger partial charge is 0.489 e. The summed E-state index contributed by atoms with van der Waals surface area (Å²) in [5.74, 6) is 3.52. The van der Waals surface area contributed by atoms with Gasteiger partial charge >= 0.3 is 0 Å². The highest BCUT2D eigenvalue weighted by Crippen LogP contribution is 2.09. The fourth-order valence-corrected chi connectivity index (χ4v) is 1.17. The number of hydrogen-bond acceptors (Lipinski definition) is 1. The third-order valence-electron chi connectivity index (χ3n) is 1.99. The van der Waals surface area contributed by atoms with Gasteiger partial charge in [-0.3, -0.25) is 0 Å². The topological polar surface area (TPSA) is 9.23 Å². The Morgan fingerprint density at radius 3 is 2.80 bits per heavy atom. The highest BCUT2D eigenvalue weighted by atomic mass is 16.5. The lowest BCUT2D eigenvalue weighted by Gasteiger charge is -2.05. The van der Waals surface area contributed by atoms with Crippen LogP contribution in [0.4, 0.5) is 0 Å². The van der Waals surface area contributed by atoms with Crippen molar-refractivity contribution in [1.29, 1.82) is 0 Å². The van der Waals surface area contributed by atoms with Crippen LogP contribution in [0.2, 0.25) is 0 Å². The van der Waals surface area contributed by atoms with E-state index in [1.54, 1.807) is 0 Å². The molecule has 0 atom stereocenters. The zero-order chi connectivity index (χ0) is 10.9. The van der Waals surface area contributed by atoms with Crippen LogP contribution in [-0.2, 0) is 0 Å². The molecule has 1 heteroatoms. The molecule has 0 amide bonds. The van der Waals surface area contributed by atoms with Crippen LogP contribution in [0.15, 0.2) is 42.0 Å². The summed E-state index contributed by atoms with van der Waals surface area (Å²) >= 11 is 0. The van der Waals surface area contributed by atoms with Gasteiger partial charge in [0.25, 0.3) is 0 Å². The standard InChI is InChI=1S/C14H16O/c1-3-4-6-9-13(2)12-15-14-10-7-5-8-11-14/h1,5,7-11H,4,6,12H2,2H3/b13-9-. The normalized spacial score (nSPS) is 10.8. The second-order valence-corrected chi connectivity index (χ2v) is 3.40. The van der Waals surface area contributed by atoms with Crippen LogP contribution in [-0.4, -0.2) is 6.61 Å². The van der Waals surface area contributed by atoms with Gasteiger partial charge in [0.05, 0.1) is 0 Å². The molecular formula is C14H16O. The SMILES string of the molecule is C#CCC/C=C(/C)COc1ccccc1. The maximum absolute atomic E-state index is 5.58. The van der Waals surface area contributed by atoms with Crippen molar-refractivity contribution in [3.63, 3.8) is 0 Å². The number of unbranched alkanes of at least 4 members (excludes halogenated alkanes) is 1. The average Bonchev–Trinajstić information content (AvgIpc) is 2.28. The molecule has 0 unspecified atom stereocenters. The summed E-state index contributed by atoms with van der Waals surface area (Å²) in [5, 5.41) is 0. The van der Waals surface area contributed by atoms with Gasteiger partial charge in [-0.05, 0) is 31.1 Å². The van der Waals surface area contributed by atoms with E-state index in [1.165, 1.54) is 5.57 Å². The zero-order valence-electron chi connectivity index (χ0n) is 9.07. The van der Waals surface area contributed by atoms with E-state index in [9.17, 15) is 0 Å². The van der Waals surface area contributed by atoms with Gasteiger partial charge in [-0.25, -0.2) is 0 Å². The lowest BCUT2D eigenvalue weighted by atomic mass is 10.2. The van der Waals surface area contributed by atoms with Crippen molar-refractivity contribution < 1.29 is 4.74 Å². The van der Waals surface area contributed by atoms with E-state index in [1.807, 2.05) is 30.3 Å². The van der Waals surface area contributed by atoms with Crippen molar-refractivity contribution in [3.8, 4) is 18.1 Å². The molecule has 0 bridgehead atoms. The molecule has 0 saturated heterocycles. The summed E-state index contributed by atoms with van der Waals surface area (Å²) in [6, 6.07) is 9.81. The van der Waals surface area contributed by atoms with E-state index in [0.29, 0.717) is 6.61 Å². The average molecular weight is 200 g/mol. The van der Waals surface area contributed by atoms with Crippen LogP contribution >= 0.6 is 0 Å². The van der Waals surface area contributed by atoms with Crippen molar-refractivity contribution in [2.45, 2.75) is 19.8 Å². The first kappa shape index (κ1) is 11.4. The molecular weight excluding hydrogens is 184 g/mol. The van der Waals surface area contributed by atoms with Gasteiger partial charge in [-0.2, -0.15) is 0 Å². The fourth-order valence-electron chi connectivity index (χ4n) is 1.17. The molecule has 78 valence electrons. The Balaban J connectivity index is 2.31. The van der Waals surface area contributed by atoms with Gasteiger partial charge in [0.15, 0.2) is 0 Å². The molecule has 15 heavy (non-hydrogen) atoms. The Labute approximate surface area is 91.8 Å². The molecule has 0 fully saturated rings. The predicted octanol–water partition coefficient (Wildman–Crippen LogP) is 3.43. The van der Waals surface area contributed by atoms with Gasteiger partial charge in [0.1, 0.15) is 12.4 Å². The highest BCUT2D eigenvalue weighted by molar-refractivity contribution is 5.21. The molecule has 1 rings (SSSR count). The molecule has 0 aliphatic heterocycles. The van der Waals surface area contributed by atoms with Crippen LogP contribution < -0.4 is 4.74 Å². The molecule has 0 aliphatic carbocycles. The van der Waals surface area contributed by atoms with Crippen molar-refractivity contribution in [2.24, 2.45) is 0 Å². The zero-order valence-corrected chi connectivity index (χ0v) is 9.07. The van der Waals surface area contributed by atoms with Gasteiger partial charge in [0, 0.05) is 6.42 Å². The van der Waals surface area contributed by atoms with Crippen LogP contribution in [0.1, 0.15) is 19.8 Å². The predicted molar refractivity (Wildman–Crippen MR) is 63.8 cm³/mol. The van der Waals surface area contributed by atoms with E-state index in [4.69, 9.17) is 11.2 Å². The number of benzene rings is 1. The van der Waals surface area contributed by atoms with E-state index in [-0.39, 0.29) is 0 Å². The maximum Gasteiger partial charge on any atom is 0.119 e. The minimum Gasteiger partial charge on any atom is -0.489 e. The van der Waals surface area contributed by atoms with Crippen molar-refractivity contribution in [2.75, 3.05) is 6.61 Å². The first-order valence-corrected chi connectivity index (χ1v) is 5.10. The molecule has 0 N–H and O–H groups in total. The summed E-state index contributed by atoms with van der Waals surface area (Å²) in [6.07, 6.45) is 9.02. The molecule has 0 spiro atoms. The smallest absolute Gasteiger partial charge is 0.119 e. The van der Waals surface area contributed by atoms with Crippen LogP contribution in [0.25, 0.3) is 0 Å². The first-order valence-electron chi connectivity index (χ1n) is 5.10. The lowest BCUT2D eigenvalue weighted by molar-refractivity contribution is 0.351. The van der Waals surface area contributed by atoms with Crippen LogP contribution in [0.3, 0.4) is 0 Å². The van der Waals surface area contributed by atoms with Crippen molar-refractivity contribution >= 4 is 0 Å². The summed E-state index contributed by atoms with van der Waals surface area (Å²) in [5.41, 5.74) is 1.22. The van der Waals surface area contributed by atoms with Gasteiger partial charge in [0.2, 0.25) is 0 Å². The summed E-state index contributed by atoms with van der Waals surface area (Å²) in [4.78, 5) is 0. The molecule has 0 saturated carbocycles. The lowest BCUT2D eigenvalue weighted by Crippen LogP contribution is -1.98. The Kier molecular flexibility index (Phi) is 5.11. The van der Waals surface area contributed by atoms with Gasteiger partial charge < -0.3 is 4.74 Å². The molecule has 1 nitrogen and oxygen atoms in total. The fraction of sp³-hybridized carbons (Fsp3) is 0.286. The molecule has 0 heterocycles. The van der Waals surface area contributed by atoms with Gasteiger partial charge in [-0.15, -0.1) is 12.3 Å². The minimum absolute atomic E-state index is 0.634. The number of rotatable bonds is 5. The van der Waals surface area contributed by atoms with Crippen molar-refractivity contribution in [1.82, 2.24) is 0 Å². The minimum atomic E-state index is 0.634. The third-order valence-corrected chi connectivity index (χ3v) is 1.99. The van der Waals surface area contributed by atoms with Crippen LogP contribution in [0, 0.1) is 12.3 Å². The summed E-state index contributed by atoms with van der Waals surface area (Å²) < 4.78 is 5.58. The summed E-state index contributed by atoms with van der Waals surface area (Å²) in [6.45, 7) is 2.69. The van der Waals surface area contributed by atoms with E-state index >= 15 is 0 Å². The maximum atomic E-state index is 5.58. The monoisotopic (exact) mass is 200 g/mol. The van der Waals surface area contributed by atoms with Gasteiger partial charge in [-0.1, -0.05) is 24.3 Å². The molecule has 0 aliphatic rings.